The van der Waals surface area contributed by atoms with Gasteiger partial charge in [-0.05, 0) is 36.4 Å². The van der Waals surface area contributed by atoms with E-state index in [0.717, 1.165) is 4.47 Å². The summed E-state index contributed by atoms with van der Waals surface area (Å²) in [5.41, 5.74) is 5.19. The third-order valence-electron chi connectivity index (χ3n) is 3.10. The van der Waals surface area contributed by atoms with Crippen molar-refractivity contribution >= 4 is 27.7 Å². The Morgan fingerprint density at radius 2 is 2.00 bits per heavy atom. The first-order valence-electron chi connectivity index (χ1n) is 7.18. The minimum absolute atomic E-state index is 0.112. The van der Waals surface area contributed by atoms with Crippen molar-refractivity contribution < 1.29 is 18.7 Å². The molecule has 128 valence electrons. The lowest BCUT2D eigenvalue weighted by atomic mass is 10.3. The van der Waals surface area contributed by atoms with E-state index >= 15 is 0 Å². The largest absolute Gasteiger partial charge is 0.484 e. The molecular weight excluding hydrogens is 392 g/mol. The highest BCUT2D eigenvalue weighted by Crippen LogP contribution is 2.17. The molecule has 2 amide bonds. The van der Waals surface area contributed by atoms with Crippen LogP contribution in [-0.4, -0.2) is 28.6 Å². The summed E-state index contributed by atoms with van der Waals surface area (Å²) >= 11 is 3.31. The van der Waals surface area contributed by atoms with Gasteiger partial charge in [-0.25, -0.2) is 0 Å². The molecule has 2 aromatic heterocycles. The van der Waals surface area contributed by atoms with Crippen LogP contribution in [0, 0.1) is 0 Å². The van der Waals surface area contributed by atoms with Crippen LogP contribution in [0.15, 0.2) is 57.6 Å². The fraction of sp³-hybridized carbons (Fsp3) is 0.0625. The Bertz CT molecular complexity index is 859. The van der Waals surface area contributed by atoms with Crippen molar-refractivity contribution in [2.45, 2.75) is 0 Å². The highest BCUT2D eigenvalue weighted by molar-refractivity contribution is 9.10. The van der Waals surface area contributed by atoms with Gasteiger partial charge in [-0.2, -0.15) is 5.10 Å². The quantitative estimate of drug-likeness (QED) is 0.565. The second-order valence-corrected chi connectivity index (χ2v) is 5.80. The summed E-state index contributed by atoms with van der Waals surface area (Å²) in [5, 5.41) is 6.55. The fourth-order valence-electron chi connectivity index (χ4n) is 1.90. The first-order chi connectivity index (χ1) is 12.1. The molecule has 3 N–H and O–H groups in total. The van der Waals surface area contributed by atoms with Crippen LogP contribution in [0.2, 0.25) is 0 Å². The van der Waals surface area contributed by atoms with E-state index in [1.54, 1.807) is 36.4 Å². The van der Waals surface area contributed by atoms with Crippen LogP contribution in [0.3, 0.4) is 0 Å². The lowest BCUT2D eigenvalue weighted by molar-refractivity contribution is -0.123. The van der Waals surface area contributed by atoms with Gasteiger partial charge in [0, 0.05) is 10.5 Å². The molecular formula is C16H13BrN4O4. The second kappa shape index (κ2) is 7.67. The maximum absolute atomic E-state index is 12.0. The Hall–Kier alpha value is -3.07. The van der Waals surface area contributed by atoms with Crippen molar-refractivity contribution in [1.29, 1.82) is 0 Å². The summed E-state index contributed by atoms with van der Waals surface area (Å²) in [6.45, 7) is -0.236. The van der Waals surface area contributed by atoms with Crippen molar-refractivity contribution in [1.82, 2.24) is 21.0 Å². The number of furan rings is 1. The van der Waals surface area contributed by atoms with Crippen LogP contribution < -0.4 is 15.6 Å². The first kappa shape index (κ1) is 16.8. The smallest absolute Gasteiger partial charge is 0.290 e. The molecule has 0 unspecified atom stereocenters. The van der Waals surface area contributed by atoms with E-state index in [1.165, 1.54) is 12.3 Å². The van der Waals surface area contributed by atoms with Crippen LogP contribution in [0.25, 0.3) is 11.5 Å². The molecule has 3 aromatic rings. The van der Waals surface area contributed by atoms with Gasteiger partial charge in [0.25, 0.3) is 11.8 Å². The van der Waals surface area contributed by atoms with Crippen molar-refractivity contribution in [3.63, 3.8) is 0 Å². The van der Waals surface area contributed by atoms with E-state index in [2.05, 4.69) is 37.0 Å². The summed E-state index contributed by atoms with van der Waals surface area (Å²) in [5.74, 6) is 0.0302. The summed E-state index contributed by atoms with van der Waals surface area (Å²) in [4.78, 5) is 23.7. The summed E-state index contributed by atoms with van der Waals surface area (Å²) in [6.07, 6.45) is 1.52. The van der Waals surface area contributed by atoms with E-state index in [4.69, 9.17) is 9.15 Å². The van der Waals surface area contributed by atoms with Crippen LogP contribution in [0.1, 0.15) is 10.5 Å². The number of benzene rings is 1. The topological polar surface area (TPSA) is 109 Å². The van der Waals surface area contributed by atoms with Gasteiger partial charge in [0.1, 0.15) is 11.4 Å². The highest BCUT2D eigenvalue weighted by Gasteiger charge is 2.13. The number of hydrogen-bond acceptors (Lipinski definition) is 5. The Morgan fingerprint density at radius 3 is 2.72 bits per heavy atom. The molecule has 0 saturated heterocycles. The molecule has 0 spiro atoms. The van der Waals surface area contributed by atoms with Gasteiger partial charge in [0.05, 0.1) is 6.26 Å². The Kier molecular flexibility index (Phi) is 5.14. The Morgan fingerprint density at radius 1 is 1.20 bits per heavy atom. The minimum atomic E-state index is -0.564. The number of aromatic amines is 1. The molecule has 3 rings (SSSR count). The third-order valence-corrected chi connectivity index (χ3v) is 3.62. The Balaban J connectivity index is 1.47. The number of aromatic nitrogens is 2. The predicted octanol–water partition coefficient (Wildman–Crippen LogP) is 2.27. The van der Waals surface area contributed by atoms with Crippen LogP contribution in [0.4, 0.5) is 0 Å². The molecule has 25 heavy (non-hydrogen) atoms. The number of hydrogen-bond donors (Lipinski definition) is 3. The third kappa shape index (κ3) is 4.48. The van der Waals surface area contributed by atoms with E-state index in [9.17, 15) is 9.59 Å². The van der Waals surface area contributed by atoms with Gasteiger partial charge in [-0.3, -0.25) is 25.5 Å². The molecule has 0 aliphatic rings. The lowest BCUT2D eigenvalue weighted by Gasteiger charge is -2.07. The van der Waals surface area contributed by atoms with Gasteiger partial charge < -0.3 is 9.15 Å². The zero-order chi connectivity index (χ0) is 17.6. The Labute approximate surface area is 150 Å². The standard InChI is InChI=1S/C16H13BrN4O4/c17-10-3-5-11(6-4-10)25-9-15(22)20-21-16(23)13-8-12(18-19-13)14-2-1-7-24-14/h1-8H,9H2,(H,18,19)(H,20,22)(H,21,23). The number of carbonyl (C=O) groups is 2. The van der Waals surface area contributed by atoms with E-state index < -0.39 is 11.8 Å². The molecule has 2 heterocycles. The molecule has 0 radical (unpaired) electrons. The number of halogens is 1. The molecule has 0 fully saturated rings. The van der Waals surface area contributed by atoms with Gasteiger partial charge in [0.2, 0.25) is 0 Å². The second-order valence-electron chi connectivity index (χ2n) is 4.89. The van der Waals surface area contributed by atoms with Gasteiger partial charge in [0.15, 0.2) is 18.1 Å². The molecule has 9 heteroatoms. The fourth-order valence-corrected chi connectivity index (χ4v) is 2.17. The van der Waals surface area contributed by atoms with Crippen LogP contribution in [-0.2, 0) is 4.79 Å². The first-order valence-corrected chi connectivity index (χ1v) is 7.98. The van der Waals surface area contributed by atoms with Crippen LogP contribution in [0.5, 0.6) is 5.75 Å². The van der Waals surface area contributed by atoms with Crippen LogP contribution >= 0.6 is 15.9 Å². The van der Waals surface area contributed by atoms with Crippen molar-refractivity contribution in [3.8, 4) is 17.2 Å². The van der Waals surface area contributed by atoms with Gasteiger partial charge in [-0.15, -0.1) is 0 Å². The number of hydrazine groups is 1. The van der Waals surface area contributed by atoms with E-state index in [-0.39, 0.29) is 12.3 Å². The van der Waals surface area contributed by atoms with Gasteiger partial charge >= 0.3 is 0 Å². The average molecular weight is 405 g/mol. The maximum Gasteiger partial charge on any atom is 0.290 e. The number of nitrogens with zero attached hydrogens (tertiary/aromatic N) is 1. The number of amides is 2. The average Bonchev–Trinajstić information content (AvgIpc) is 3.30. The SMILES string of the molecule is O=C(COc1ccc(Br)cc1)NNC(=O)c1cc(-c2ccco2)[nH]n1. The lowest BCUT2D eigenvalue weighted by Crippen LogP contribution is -2.44. The number of H-pyrrole nitrogens is 1. The van der Waals surface area contributed by atoms with E-state index in [1.807, 2.05) is 0 Å². The zero-order valence-electron chi connectivity index (χ0n) is 12.8. The molecule has 1 aromatic carbocycles. The van der Waals surface area contributed by atoms with Crippen molar-refractivity contribution in [3.05, 3.63) is 58.9 Å². The van der Waals surface area contributed by atoms with E-state index in [0.29, 0.717) is 17.2 Å². The van der Waals surface area contributed by atoms with Crippen molar-refractivity contribution in [2.75, 3.05) is 6.61 Å². The van der Waals surface area contributed by atoms with Gasteiger partial charge in [-0.1, -0.05) is 15.9 Å². The molecule has 0 aliphatic heterocycles. The minimum Gasteiger partial charge on any atom is -0.484 e. The van der Waals surface area contributed by atoms with Crippen molar-refractivity contribution in [2.24, 2.45) is 0 Å². The monoisotopic (exact) mass is 404 g/mol. The number of carbonyl (C=O) groups excluding carboxylic acids is 2. The number of nitrogens with one attached hydrogen (secondary N) is 3. The summed E-state index contributed by atoms with van der Waals surface area (Å²) in [6, 6.07) is 12.0. The maximum atomic E-state index is 12.0. The molecule has 0 saturated carbocycles. The highest BCUT2D eigenvalue weighted by atomic mass is 79.9. The number of ether oxygens (including phenoxy) is 1. The normalized spacial score (nSPS) is 10.3. The zero-order valence-corrected chi connectivity index (χ0v) is 14.4. The summed E-state index contributed by atoms with van der Waals surface area (Å²) < 4.78 is 11.4. The molecule has 0 atom stereocenters. The molecule has 0 bridgehead atoms. The molecule has 8 nitrogen and oxygen atoms in total. The molecule has 0 aliphatic carbocycles. The summed E-state index contributed by atoms with van der Waals surface area (Å²) in [7, 11) is 0. The predicted molar refractivity (Wildman–Crippen MR) is 91.5 cm³/mol. The number of rotatable bonds is 5.